The summed E-state index contributed by atoms with van der Waals surface area (Å²) in [7, 11) is 0. The van der Waals surface area contributed by atoms with Gasteiger partial charge in [0.25, 0.3) is 0 Å². The van der Waals surface area contributed by atoms with Gasteiger partial charge in [-0.2, -0.15) is 0 Å². The molecular weight excluding hydrogens is 338 g/mol. The normalized spacial score (nSPS) is 16.2. The van der Waals surface area contributed by atoms with E-state index in [4.69, 9.17) is 0 Å². The van der Waals surface area contributed by atoms with Crippen molar-refractivity contribution in [2.75, 3.05) is 31.1 Å². The maximum atomic E-state index is 12.9. The minimum atomic E-state index is -0.393. The number of benzene rings is 1. The van der Waals surface area contributed by atoms with Gasteiger partial charge < -0.3 is 15.1 Å². The van der Waals surface area contributed by atoms with E-state index in [9.17, 15) is 9.59 Å². The van der Waals surface area contributed by atoms with Crippen molar-refractivity contribution in [1.29, 1.82) is 0 Å². The molecule has 5 heteroatoms. The standard InChI is InChI=1S/C22H35N3O2/c1-6-7-11-19(23-17(2)26)21(27)25-15-13-24(14-16-25)20-12-9-8-10-18(20)22(3,4)5/h8-10,12,19H,6-7,11,13-16H2,1-5H3,(H,23,26). The van der Waals surface area contributed by atoms with Crippen molar-refractivity contribution in [1.82, 2.24) is 10.2 Å². The van der Waals surface area contributed by atoms with Crippen molar-refractivity contribution in [3.63, 3.8) is 0 Å². The number of carbonyl (C=O) groups excluding carboxylic acids is 2. The van der Waals surface area contributed by atoms with Crippen LogP contribution in [0.1, 0.15) is 59.4 Å². The maximum Gasteiger partial charge on any atom is 0.245 e. The number of nitrogens with zero attached hydrogens (tertiary/aromatic N) is 2. The number of hydrogen-bond donors (Lipinski definition) is 1. The molecule has 1 atom stereocenters. The van der Waals surface area contributed by atoms with Crippen LogP contribution in [0.2, 0.25) is 0 Å². The number of amides is 2. The molecule has 1 aliphatic heterocycles. The second-order valence-corrected chi connectivity index (χ2v) is 8.47. The van der Waals surface area contributed by atoms with Gasteiger partial charge in [-0.15, -0.1) is 0 Å². The van der Waals surface area contributed by atoms with Crippen LogP contribution in [0.4, 0.5) is 5.69 Å². The molecule has 0 aliphatic carbocycles. The van der Waals surface area contributed by atoms with E-state index in [2.05, 4.69) is 62.2 Å². The Balaban J connectivity index is 2.04. The van der Waals surface area contributed by atoms with Crippen molar-refractivity contribution in [3.8, 4) is 0 Å². The van der Waals surface area contributed by atoms with Crippen LogP contribution in [0.5, 0.6) is 0 Å². The molecule has 150 valence electrons. The van der Waals surface area contributed by atoms with Crippen molar-refractivity contribution >= 4 is 17.5 Å². The molecule has 1 aromatic carbocycles. The van der Waals surface area contributed by atoms with Crippen LogP contribution in [0.3, 0.4) is 0 Å². The second-order valence-electron chi connectivity index (χ2n) is 8.47. The largest absolute Gasteiger partial charge is 0.368 e. The van der Waals surface area contributed by atoms with E-state index in [0.717, 1.165) is 25.9 Å². The number of hydrogen-bond acceptors (Lipinski definition) is 3. The number of nitrogens with one attached hydrogen (secondary N) is 1. The van der Waals surface area contributed by atoms with Gasteiger partial charge in [0.1, 0.15) is 6.04 Å². The fourth-order valence-corrected chi connectivity index (χ4v) is 3.68. The van der Waals surface area contributed by atoms with Crippen molar-refractivity contribution in [2.24, 2.45) is 0 Å². The summed E-state index contributed by atoms with van der Waals surface area (Å²) >= 11 is 0. The first-order valence-electron chi connectivity index (χ1n) is 10.1. The Hall–Kier alpha value is -2.04. The SMILES string of the molecule is CCCCC(NC(C)=O)C(=O)N1CCN(c2ccccc2C(C)(C)C)CC1. The third-order valence-corrected chi connectivity index (χ3v) is 5.17. The van der Waals surface area contributed by atoms with Gasteiger partial charge in [0, 0.05) is 38.8 Å². The molecule has 0 saturated carbocycles. The maximum absolute atomic E-state index is 12.9. The average Bonchev–Trinajstić information content (AvgIpc) is 2.63. The Kier molecular flexibility index (Phi) is 7.28. The molecule has 0 aromatic heterocycles. The predicted octanol–water partition coefficient (Wildman–Crippen LogP) is 3.33. The number of para-hydroxylation sites is 1. The van der Waals surface area contributed by atoms with E-state index in [1.165, 1.54) is 18.2 Å². The van der Waals surface area contributed by atoms with E-state index < -0.39 is 6.04 Å². The molecule has 1 fully saturated rings. The summed E-state index contributed by atoms with van der Waals surface area (Å²) < 4.78 is 0. The van der Waals surface area contributed by atoms with Crippen molar-refractivity contribution in [3.05, 3.63) is 29.8 Å². The molecule has 1 N–H and O–H groups in total. The first-order valence-corrected chi connectivity index (χ1v) is 10.1. The minimum Gasteiger partial charge on any atom is -0.368 e. The summed E-state index contributed by atoms with van der Waals surface area (Å²) in [5.41, 5.74) is 2.69. The lowest BCUT2D eigenvalue weighted by Gasteiger charge is -2.39. The fraction of sp³-hybridized carbons (Fsp3) is 0.636. The molecule has 5 nitrogen and oxygen atoms in total. The van der Waals surface area contributed by atoms with Crippen LogP contribution < -0.4 is 10.2 Å². The molecule has 1 unspecified atom stereocenters. The Labute approximate surface area is 164 Å². The highest BCUT2D eigenvalue weighted by Crippen LogP contribution is 2.32. The highest BCUT2D eigenvalue weighted by atomic mass is 16.2. The van der Waals surface area contributed by atoms with Gasteiger partial charge in [-0.05, 0) is 23.5 Å². The summed E-state index contributed by atoms with van der Waals surface area (Å²) in [5.74, 6) is -0.0791. The summed E-state index contributed by atoms with van der Waals surface area (Å²) in [4.78, 5) is 28.7. The van der Waals surface area contributed by atoms with E-state index in [1.807, 2.05) is 4.90 Å². The lowest BCUT2D eigenvalue weighted by molar-refractivity contribution is -0.136. The summed E-state index contributed by atoms with van der Waals surface area (Å²) in [6.07, 6.45) is 2.67. The van der Waals surface area contributed by atoms with Crippen LogP contribution in [0.25, 0.3) is 0 Å². The molecule has 27 heavy (non-hydrogen) atoms. The molecular formula is C22H35N3O2. The van der Waals surface area contributed by atoms with Crippen molar-refractivity contribution < 1.29 is 9.59 Å². The lowest BCUT2D eigenvalue weighted by Crippen LogP contribution is -2.55. The quantitative estimate of drug-likeness (QED) is 0.832. The summed E-state index contributed by atoms with van der Waals surface area (Å²) in [6, 6.07) is 8.16. The molecule has 1 aliphatic rings. The summed E-state index contributed by atoms with van der Waals surface area (Å²) in [6.45, 7) is 13.3. The molecule has 0 bridgehead atoms. The van der Waals surface area contributed by atoms with Crippen LogP contribution >= 0.6 is 0 Å². The number of unbranched alkanes of at least 4 members (excludes halogenated alkanes) is 1. The zero-order valence-corrected chi connectivity index (χ0v) is 17.5. The van der Waals surface area contributed by atoms with Gasteiger partial charge in [-0.25, -0.2) is 0 Å². The number of anilines is 1. The Morgan fingerprint density at radius 3 is 2.30 bits per heavy atom. The molecule has 0 spiro atoms. The highest BCUT2D eigenvalue weighted by Gasteiger charge is 2.29. The zero-order chi connectivity index (χ0) is 20.0. The second kappa shape index (κ2) is 9.25. The molecule has 2 amide bonds. The number of rotatable bonds is 6. The number of piperazine rings is 1. The first-order chi connectivity index (χ1) is 12.7. The Morgan fingerprint density at radius 1 is 1.11 bits per heavy atom. The van der Waals surface area contributed by atoms with E-state index in [0.29, 0.717) is 19.5 Å². The first kappa shape index (κ1) is 21.3. The van der Waals surface area contributed by atoms with Gasteiger partial charge in [0.15, 0.2) is 0 Å². The van der Waals surface area contributed by atoms with E-state index in [1.54, 1.807) is 0 Å². The lowest BCUT2D eigenvalue weighted by atomic mass is 9.85. The fourth-order valence-electron chi connectivity index (χ4n) is 3.68. The van der Waals surface area contributed by atoms with Gasteiger partial charge in [0.05, 0.1) is 0 Å². The minimum absolute atomic E-state index is 0.0578. The summed E-state index contributed by atoms with van der Waals surface area (Å²) in [5, 5.41) is 2.84. The molecule has 2 rings (SSSR count). The van der Waals surface area contributed by atoms with Crippen LogP contribution in [-0.4, -0.2) is 48.9 Å². The highest BCUT2D eigenvalue weighted by molar-refractivity contribution is 5.87. The molecule has 1 heterocycles. The van der Waals surface area contributed by atoms with Gasteiger partial charge >= 0.3 is 0 Å². The third kappa shape index (κ3) is 5.72. The zero-order valence-electron chi connectivity index (χ0n) is 17.5. The molecule has 1 aromatic rings. The average molecular weight is 374 g/mol. The van der Waals surface area contributed by atoms with Crippen LogP contribution in [-0.2, 0) is 15.0 Å². The van der Waals surface area contributed by atoms with Crippen LogP contribution in [0, 0.1) is 0 Å². The number of carbonyl (C=O) groups is 2. The van der Waals surface area contributed by atoms with Crippen molar-refractivity contribution in [2.45, 2.75) is 65.3 Å². The molecule has 0 radical (unpaired) electrons. The predicted molar refractivity (Wildman–Crippen MR) is 111 cm³/mol. The van der Waals surface area contributed by atoms with Crippen LogP contribution in [0.15, 0.2) is 24.3 Å². The monoisotopic (exact) mass is 373 g/mol. The Bertz CT molecular complexity index is 643. The third-order valence-electron chi connectivity index (χ3n) is 5.17. The molecule has 1 saturated heterocycles. The van der Waals surface area contributed by atoms with Gasteiger partial charge in [-0.3, -0.25) is 9.59 Å². The van der Waals surface area contributed by atoms with E-state index >= 15 is 0 Å². The Morgan fingerprint density at radius 2 is 1.74 bits per heavy atom. The van der Waals surface area contributed by atoms with E-state index in [-0.39, 0.29) is 17.2 Å². The van der Waals surface area contributed by atoms with Gasteiger partial charge in [-0.1, -0.05) is 58.7 Å². The topological polar surface area (TPSA) is 52.7 Å². The smallest absolute Gasteiger partial charge is 0.245 e. The van der Waals surface area contributed by atoms with Gasteiger partial charge in [0.2, 0.25) is 11.8 Å².